The van der Waals surface area contributed by atoms with E-state index in [9.17, 15) is 9.11 Å². The van der Waals surface area contributed by atoms with E-state index in [4.69, 9.17) is 4.65 Å². The minimum atomic E-state index is -1.43. The summed E-state index contributed by atoms with van der Waals surface area (Å²) in [4.78, 5) is 11.1. The standard InChI is InChI=1S/C9H13BFO2P/c1-3-4-8(12)7-9(5-6-14)13-10(2)11/h3-7H,14H2,1-2H3/b4-3+,6-5+,9-7-. The molecule has 0 spiro atoms. The van der Waals surface area contributed by atoms with Gasteiger partial charge in [0, 0.05) is 6.08 Å². The molecule has 0 N–H and O–H groups in total. The summed E-state index contributed by atoms with van der Waals surface area (Å²) in [6.07, 6.45) is 5.72. The maximum atomic E-state index is 12.5. The van der Waals surface area contributed by atoms with E-state index in [1.54, 1.807) is 18.8 Å². The first-order chi connectivity index (χ1) is 6.60. The van der Waals surface area contributed by atoms with Gasteiger partial charge in [0.05, 0.1) is 0 Å². The van der Waals surface area contributed by atoms with Crippen LogP contribution in [0, 0.1) is 0 Å². The Morgan fingerprint density at radius 3 is 2.57 bits per heavy atom. The van der Waals surface area contributed by atoms with Crippen molar-refractivity contribution >= 4 is 22.2 Å². The third kappa shape index (κ3) is 6.61. The highest BCUT2D eigenvalue weighted by atomic mass is 31.0. The van der Waals surface area contributed by atoms with E-state index in [0.29, 0.717) is 0 Å². The number of hydrogen-bond donors (Lipinski definition) is 0. The smallest absolute Gasteiger partial charge is 0.533 e. The van der Waals surface area contributed by atoms with Crippen LogP contribution >= 0.6 is 9.24 Å². The number of ketones is 1. The van der Waals surface area contributed by atoms with Gasteiger partial charge in [-0.3, -0.25) is 9.11 Å². The lowest BCUT2D eigenvalue weighted by molar-refractivity contribution is -0.110. The van der Waals surface area contributed by atoms with E-state index >= 15 is 0 Å². The molecule has 5 heteroatoms. The van der Waals surface area contributed by atoms with E-state index in [1.165, 1.54) is 25.1 Å². The van der Waals surface area contributed by atoms with Crippen molar-refractivity contribution in [1.29, 1.82) is 0 Å². The molecule has 2 nitrogen and oxygen atoms in total. The molecular weight excluding hydrogens is 201 g/mol. The second kappa shape index (κ2) is 7.51. The molecule has 0 fully saturated rings. The van der Waals surface area contributed by atoms with Crippen molar-refractivity contribution in [1.82, 2.24) is 0 Å². The molecule has 0 aliphatic rings. The predicted octanol–water partition coefficient (Wildman–Crippen LogP) is 2.51. The first-order valence-electron chi connectivity index (χ1n) is 4.17. The van der Waals surface area contributed by atoms with E-state index in [0.717, 1.165) is 0 Å². The molecule has 0 aliphatic carbocycles. The molecular formula is C9H13BFO2P. The van der Waals surface area contributed by atoms with Crippen molar-refractivity contribution in [2.75, 3.05) is 0 Å². The van der Waals surface area contributed by atoms with Gasteiger partial charge < -0.3 is 4.65 Å². The molecule has 0 saturated heterocycles. The summed E-state index contributed by atoms with van der Waals surface area (Å²) < 4.78 is 17.2. The van der Waals surface area contributed by atoms with Crippen molar-refractivity contribution in [3.8, 4) is 0 Å². The fourth-order valence-electron chi connectivity index (χ4n) is 0.756. The molecule has 0 amide bonds. The lowest BCUT2D eigenvalue weighted by atomic mass is 10.0. The fourth-order valence-corrected chi connectivity index (χ4v) is 0.946. The quantitative estimate of drug-likeness (QED) is 0.231. The van der Waals surface area contributed by atoms with Gasteiger partial charge in [-0.05, 0) is 25.9 Å². The van der Waals surface area contributed by atoms with Gasteiger partial charge in [0.25, 0.3) is 0 Å². The van der Waals surface area contributed by atoms with Crippen LogP contribution in [-0.4, -0.2) is 13.0 Å². The van der Waals surface area contributed by atoms with E-state index in [1.807, 2.05) is 0 Å². The second-order valence-corrected chi connectivity index (χ2v) is 2.85. The lowest BCUT2D eigenvalue weighted by Crippen LogP contribution is -2.05. The van der Waals surface area contributed by atoms with Gasteiger partial charge in [-0.2, -0.15) is 0 Å². The first-order valence-corrected chi connectivity index (χ1v) is 4.84. The lowest BCUT2D eigenvalue weighted by Gasteiger charge is -2.04. The molecule has 0 heterocycles. The van der Waals surface area contributed by atoms with Gasteiger partial charge in [0.15, 0.2) is 5.78 Å². The average molecular weight is 214 g/mol. The van der Waals surface area contributed by atoms with Crippen LogP contribution in [0.5, 0.6) is 0 Å². The van der Waals surface area contributed by atoms with Gasteiger partial charge in [-0.15, -0.1) is 9.24 Å². The summed E-state index contributed by atoms with van der Waals surface area (Å²) in [6, 6.07) is 0. The number of halogens is 1. The molecule has 0 aromatic heterocycles. The van der Waals surface area contributed by atoms with Crippen LogP contribution in [0.1, 0.15) is 6.92 Å². The summed E-state index contributed by atoms with van der Waals surface area (Å²) in [5.41, 5.74) is 0. The second-order valence-electron chi connectivity index (χ2n) is 2.47. The Balaban J connectivity index is 4.54. The summed E-state index contributed by atoms with van der Waals surface area (Å²) in [7, 11) is 0.891. The number of hydrogen-bond acceptors (Lipinski definition) is 2. The Morgan fingerprint density at radius 2 is 2.14 bits per heavy atom. The minimum Gasteiger partial charge on any atom is -0.533 e. The van der Waals surface area contributed by atoms with Gasteiger partial charge in [-0.25, -0.2) is 0 Å². The topological polar surface area (TPSA) is 26.3 Å². The van der Waals surface area contributed by atoms with E-state index < -0.39 is 7.19 Å². The maximum absolute atomic E-state index is 12.5. The molecule has 76 valence electrons. The van der Waals surface area contributed by atoms with Gasteiger partial charge in [0.2, 0.25) is 0 Å². The first kappa shape index (κ1) is 13.1. The van der Waals surface area contributed by atoms with Crippen molar-refractivity contribution in [2.24, 2.45) is 0 Å². The Kier molecular flexibility index (Phi) is 7.04. The Hall–Kier alpha value is -0.885. The van der Waals surface area contributed by atoms with Gasteiger partial charge >= 0.3 is 7.19 Å². The molecule has 0 aromatic carbocycles. The van der Waals surface area contributed by atoms with Crippen LogP contribution in [0.3, 0.4) is 0 Å². The van der Waals surface area contributed by atoms with Crippen LogP contribution in [-0.2, 0) is 9.45 Å². The third-order valence-corrected chi connectivity index (χ3v) is 1.37. The van der Waals surface area contributed by atoms with Crippen molar-refractivity contribution in [3.63, 3.8) is 0 Å². The highest BCUT2D eigenvalue weighted by molar-refractivity contribution is 7.20. The maximum Gasteiger partial charge on any atom is 0.561 e. The van der Waals surface area contributed by atoms with Crippen LogP contribution < -0.4 is 0 Å². The highest BCUT2D eigenvalue weighted by Gasteiger charge is 2.09. The highest BCUT2D eigenvalue weighted by Crippen LogP contribution is 2.05. The van der Waals surface area contributed by atoms with E-state index in [-0.39, 0.29) is 11.5 Å². The Labute approximate surface area is 86.3 Å². The van der Waals surface area contributed by atoms with E-state index in [2.05, 4.69) is 9.24 Å². The van der Waals surface area contributed by atoms with Crippen LogP contribution in [0.2, 0.25) is 6.82 Å². The average Bonchev–Trinajstić information content (AvgIpc) is 2.03. The molecule has 1 atom stereocenters. The third-order valence-electron chi connectivity index (χ3n) is 1.17. The summed E-state index contributed by atoms with van der Waals surface area (Å²) in [5, 5.41) is 0. The monoisotopic (exact) mass is 214 g/mol. The summed E-state index contributed by atoms with van der Waals surface area (Å²) in [5.74, 6) is 1.57. The molecule has 14 heavy (non-hydrogen) atoms. The number of carbonyl (C=O) groups excluding carboxylic acids is 1. The normalized spacial score (nSPS) is 12.4. The zero-order chi connectivity index (χ0) is 11.0. The zero-order valence-electron chi connectivity index (χ0n) is 8.24. The van der Waals surface area contributed by atoms with Crippen LogP contribution in [0.25, 0.3) is 0 Å². The van der Waals surface area contributed by atoms with Crippen LogP contribution in [0.4, 0.5) is 4.32 Å². The number of allylic oxidation sites excluding steroid dienone is 4. The van der Waals surface area contributed by atoms with Crippen molar-refractivity contribution in [2.45, 2.75) is 13.7 Å². The molecule has 0 saturated carbocycles. The number of rotatable bonds is 5. The van der Waals surface area contributed by atoms with Gasteiger partial charge in [0.1, 0.15) is 5.76 Å². The summed E-state index contributed by atoms with van der Waals surface area (Å²) in [6.45, 7) is 2.99. The van der Waals surface area contributed by atoms with Gasteiger partial charge in [-0.1, -0.05) is 11.9 Å². The minimum absolute atomic E-state index is 0.207. The zero-order valence-corrected chi connectivity index (χ0v) is 9.39. The van der Waals surface area contributed by atoms with Crippen molar-refractivity contribution < 1.29 is 13.8 Å². The molecule has 0 radical (unpaired) electrons. The molecule has 0 aliphatic heterocycles. The number of carbonyl (C=O) groups is 1. The summed E-state index contributed by atoms with van der Waals surface area (Å²) >= 11 is 0. The molecule has 0 aromatic rings. The Morgan fingerprint density at radius 1 is 1.50 bits per heavy atom. The van der Waals surface area contributed by atoms with Crippen LogP contribution in [0.15, 0.2) is 35.9 Å². The molecule has 0 bridgehead atoms. The predicted molar refractivity (Wildman–Crippen MR) is 60.6 cm³/mol. The largest absolute Gasteiger partial charge is 0.561 e. The van der Waals surface area contributed by atoms with Crippen molar-refractivity contribution in [3.05, 3.63) is 35.9 Å². The SMILES string of the molecule is C/C=C/C(=O)/C=C(/C=C/P)OB(C)F. The fraction of sp³-hybridized carbons (Fsp3) is 0.222. The molecule has 0 rings (SSSR count). The Bertz CT molecular complexity index is 272. The molecule has 1 unspecified atom stereocenters.